The quantitative estimate of drug-likeness (QED) is 0.590. The number of non-ortho nitro benzene ring substituents is 1. The van der Waals surface area contributed by atoms with Gasteiger partial charge in [-0.05, 0) is 23.8 Å². The highest BCUT2D eigenvalue weighted by Crippen LogP contribution is 2.29. The van der Waals surface area contributed by atoms with Crippen molar-refractivity contribution in [1.82, 2.24) is 5.32 Å². The summed E-state index contributed by atoms with van der Waals surface area (Å²) in [6, 6.07) is 7.18. The maximum absolute atomic E-state index is 12.6. The number of alkyl halides is 3. The van der Waals surface area contributed by atoms with E-state index in [-0.39, 0.29) is 23.2 Å². The Morgan fingerprint density at radius 2 is 1.78 bits per heavy atom. The van der Waals surface area contributed by atoms with Crippen LogP contribution in [0.5, 0.6) is 0 Å². The molecule has 2 rings (SSSR count). The van der Waals surface area contributed by atoms with E-state index in [0.29, 0.717) is 0 Å². The Morgan fingerprint density at radius 3 is 2.30 bits per heavy atom. The van der Waals surface area contributed by atoms with Crippen LogP contribution in [-0.4, -0.2) is 27.9 Å². The van der Waals surface area contributed by atoms with E-state index in [1.807, 2.05) is 0 Å². The maximum atomic E-state index is 12.6. The molecule has 27 heavy (non-hydrogen) atoms. The van der Waals surface area contributed by atoms with Crippen molar-refractivity contribution in [3.8, 4) is 0 Å². The van der Waals surface area contributed by atoms with Gasteiger partial charge in [-0.3, -0.25) is 14.9 Å². The van der Waals surface area contributed by atoms with Crippen LogP contribution in [0.25, 0.3) is 0 Å². The van der Waals surface area contributed by atoms with Crippen molar-refractivity contribution in [3.63, 3.8) is 0 Å². The molecule has 0 fully saturated rings. The molecule has 7 nitrogen and oxygen atoms in total. The standard InChI is InChI=1S/C17H13F3N2O5/c18-17(19,20)12-6-4-10(5-7-12)8-14(16(24)25)21-15(23)11-2-1-3-13(9-11)22(26)27/h1-7,9,14H,8H2,(H,21,23)(H,24,25)/t14-/m0/s1. The predicted octanol–water partition coefficient (Wildman–Crippen LogP) is 3.04. The van der Waals surface area contributed by atoms with Gasteiger partial charge in [0.2, 0.25) is 0 Å². The summed E-state index contributed by atoms with van der Waals surface area (Å²) in [5.41, 5.74) is -1.05. The Balaban J connectivity index is 2.14. The van der Waals surface area contributed by atoms with Gasteiger partial charge in [0.25, 0.3) is 11.6 Å². The van der Waals surface area contributed by atoms with E-state index in [1.165, 1.54) is 18.2 Å². The fourth-order valence-corrected chi connectivity index (χ4v) is 2.27. The number of amides is 1. The number of aliphatic carboxylic acids is 1. The van der Waals surface area contributed by atoms with Gasteiger partial charge in [-0.25, -0.2) is 4.79 Å². The van der Waals surface area contributed by atoms with Gasteiger partial charge in [-0.1, -0.05) is 18.2 Å². The van der Waals surface area contributed by atoms with E-state index < -0.39 is 34.6 Å². The van der Waals surface area contributed by atoms with Gasteiger partial charge in [0.15, 0.2) is 0 Å². The van der Waals surface area contributed by atoms with Gasteiger partial charge < -0.3 is 10.4 Å². The Morgan fingerprint density at radius 1 is 1.15 bits per heavy atom. The second-order valence-electron chi connectivity index (χ2n) is 5.57. The number of nitro benzene ring substituents is 1. The number of carboxylic acids is 1. The number of nitrogens with one attached hydrogen (secondary N) is 1. The number of hydrogen-bond acceptors (Lipinski definition) is 4. The Kier molecular flexibility index (Phi) is 5.78. The van der Waals surface area contributed by atoms with E-state index in [0.717, 1.165) is 30.3 Å². The van der Waals surface area contributed by atoms with Crippen LogP contribution in [0, 0.1) is 10.1 Å². The number of hydrogen-bond donors (Lipinski definition) is 2. The van der Waals surface area contributed by atoms with Crippen LogP contribution in [0.2, 0.25) is 0 Å². The maximum Gasteiger partial charge on any atom is 0.416 e. The highest BCUT2D eigenvalue weighted by atomic mass is 19.4. The molecule has 0 aliphatic rings. The summed E-state index contributed by atoms with van der Waals surface area (Å²) in [6.07, 6.45) is -4.77. The van der Waals surface area contributed by atoms with Crippen molar-refractivity contribution in [2.45, 2.75) is 18.6 Å². The molecule has 2 N–H and O–H groups in total. The molecule has 2 aromatic carbocycles. The molecule has 0 heterocycles. The average molecular weight is 382 g/mol. The van der Waals surface area contributed by atoms with Crippen LogP contribution < -0.4 is 5.32 Å². The van der Waals surface area contributed by atoms with Crippen molar-refractivity contribution >= 4 is 17.6 Å². The second kappa shape index (κ2) is 7.85. The van der Waals surface area contributed by atoms with Gasteiger partial charge in [-0.2, -0.15) is 13.2 Å². The molecule has 10 heteroatoms. The van der Waals surface area contributed by atoms with Crippen molar-refractivity contribution in [3.05, 3.63) is 75.3 Å². The van der Waals surface area contributed by atoms with Crippen LogP contribution in [-0.2, 0) is 17.4 Å². The van der Waals surface area contributed by atoms with Crippen LogP contribution in [0.15, 0.2) is 48.5 Å². The van der Waals surface area contributed by atoms with E-state index in [2.05, 4.69) is 5.32 Å². The minimum Gasteiger partial charge on any atom is -0.480 e. The zero-order chi connectivity index (χ0) is 20.2. The fraction of sp³-hybridized carbons (Fsp3) is 0.176. The fourth-order valence-electron chi connectivity index (χ4n) is 2.27. The minimum absolute atomic E-state index is 0.108. The van der Waals surface area contributed by atoms with Crippen LogP contribution in [0.1, 0.15) is 21.5 Å². The molecule has 0 bridgehead atoms. The average Bonchev–Trinajstić information content (AvgIpc) is 2.60. The summed E-state index contributed by atoms with van der Waals surface area (Å²) in [5, 5.41) is 22.2. The first-order valence-corrected chi connectivity index (χ1v) is 7.52. The molecular formula is C17H13F3N2O5. The Labute approximate surface area is 150 Å². The molecule has 0 aliphatic heterocycles. The lowest BCUT2D eigenvalue weighted by atomic mass is 10.0. The Bertz CT molecular complexity index is 866. The summed E-state index contributed by atoms with van der Waals surface area (Å²) in [6.45, 7) is 0. The molecule has 0 unspecified atom stereocenters. The summed E-state index contributed by atoms with van der Waals surface area (Å²) in [7, 11) is 0. The number of carbonyl (C=O) groups excluding carboxylic acids is 1. The number of nitro groups is 1. The third kappa shape index (κ3) is 5.27. The smallest absolute Gasteiger partial charge is 0.416 e. The number of carboxylic acid groups (broad SMARTS) is 1. The number of benzene rings is 2. The molecule has 1 amide bonds. The summed E-state index contributed by atoms with van der Waals surface area (Å²) < 4.78 is 37.7. The van der Waals surface area contributed by atoms with Crippen molar-refractivity contribution in [2.75, 3.05) is 0 Å². The minimum atomic E-state index is -4.51. The van der Waals surface area contributed by atoms with Crippen molar-refractivity contribution in [2.24, 2.45) is 0 Å². The first-order chi connectivity index (χ1) is 12.6. The largest absolute Gasteiger partial charge is 0.480 e. The zero-order valence-corrected chi connectivity index (χ0v) is 13.6. The first kappa shape index (κ1) is 19.9. The molecule has 0 radical (unpaired) electrons. The lowest BCUT2D eigenvalue weighted by Gasteiger charge is -2.15. The SMILES string of the molecule is O=C(N[C@@H](Cc1ccc(C(F)(F)F)cc1)C(=O)O)c1cccc([N+](=O)[O-])c1. The summed E-state index contributed by atoms with van der Waals surface area (Å²) in [4.78, 5) is 33.6. The second-order valence-corrected chi connectivity index (χ2v) is 5.57. The first-order valence-electron chi connectivity index (χ1n) is 7.52. The predicted molar refractivity (Wildman–Crippen MR) is 87.1 cm³/mol. The number of nitrogens with zero attached hydrogens (tertiary/aromatic N) is 1. The summed E-state index contributed by atoms with van der Waals surface area (Å²) >= 11 is 0. The Hall–Kier alpha value is -3.43. The van der Waals surface area contributed by atoms with Gasteiger partial charge in [0, 0.05) is 24.1 Å². The van der Waals surface area contributed by atoms with Gasteiger partial charge in [0.05, 0.1) is 10.5 Å². The molecule has 0 saturated carbocycles. The molecule has 0 spiro atoms. The molecule has 142 valence electrons. The topological polar surface area (TPSA) is 110 Å². The van der Waals surface area contributed by atoms with E-state index >= 15 is 0 Å². The van der Waals surface area contributed by atoms with E-state index in [9.17, 15) is 38.0 Å². The molecule has 2 aromatic rings. The molecule has 0 saturated heterocycles. The lowest BCUT2D eigenvalue weighted by molar-refractivity contribution is -0.384. The van der Waals surface area contributed by atoms with Crippen molar-refractivity contribution in [1.29, 1.82) is 0 Å². The highest BCUT2D eigenvalue weighted by molar-refractivity contribution is 5.97. The normalized spacial score (nSPS) is 12.3. The van der Waals surface area contributed by atoms with Crippen LogP contribution >= 0.6 is 0 Å². The summed E-state index contributed by atoms with van der Waals surface area (Å²) in [5.74, 6) is -2.24. The molecule has 0 aliphatic carbocycles. The van der Waals surface area contributed by atoms with Crippen LogP contribution in [0.4, 0.5) is 18.9 Å². The molecule has 0 aromatic heterocycles. The highest BCUT2D eigenvalue weighted by Gasteiger charge is 2.30. The van der Waals surface area contributed by atoms with E-state index in [4.69, 9.17) is 0 Å². The van der Waals surface area contributed by atoms with Crippen LogP contribution in [0.3, 0.4) is 0 Å². The number of halogens is 3. The number of carbonyl (C=O) groups is 2. The third-order valence-electron chi connectivity index (χ3n) is 3.64. The zero-order valence-electron chi connectivity index (χ0n) is 13.6. The van der Waals surface area contributed by atoms with Gasteiger partial charge >= 0.3 is 12.1 Å². The molecular weight excluding hydrogens is 369 g/mol. The third-order valence-corrected chi connectivity index (χ3v) is 3.64. The monoisotopic (exact) mass is 382 g/mol. The van der Waals surface area contributed by atoms with E-state index in [1.54, 1.807) is 0 Å². The molecule has 1 atom stereocenters. The lowest BCUT2D eigenvalue weighted by Crippen LogP contribution is -2.42. The van der Waals surface area contributed by atoms with Gasteiger partial charge in [0.1, 0.15) is 6.04 Å². The number of rotatable bonds is 6. The van der Waals surface area contributed by atoms with Gasteiger partial charge in [-0.15, -0.1) is 0 Å². The van der Waals surface area contributed by atoms with Crippen molar-refractivity contribution < 1.29 is 32.8 Å².